The molecule has 2 bridgehead atoms. The highest BCUT2D eigenvalue weighted by molar-refractivity contribution is 14.0. The van der Waals surface area contributed by atoms with Crippen molar-refractivity contribution in [2.75, 3.05) is 26.2 Å². The number of aliphatic imine (C=N–C) groups is 1. The maximum atomic E-state index is 10.5. The van der Waals surface area contributed by atoms with E-state index in [4.69, 9.17) is 9.73 Å². The summed E-state index contributed by atoms with van der Waals surface area (Å²) in [6.45, 7) is 5.68. The summed E-state index contributed by atoms with van der Waals surface area (Å²) in [6, 6.07) is 0. The smallest absolute Gasteiger partial charge is 0.194 e. The summed E-state index contributed by atoms with van der Waals surface area (Å²) in [5.74, 6) is 2.83. The molecule has 2 N–H and O–H groups in total. The Hall–Kier alpha value is -0.0800. The fourth-order valence-electron chi connectivity index (χ4n) is 5.41. The summed E-state index contributed by atoms with van der Waals surface area (Å²) in [5.41, 5.74) is 0. The van der Waals surface area contributed by atoms with Crippen LogP contribution in [0.3, 0.4) is 0 Å². The summed E-state index contributed by atoms with van der Waals surface area (Å²) >= 11 is 0. The molecule has 25 heavy (non-hydrogen) atoms. The number of fused-ring (bicyclic) bond motifs is 5. The van der Waals surface area contributed by atoms with Crippen molar-refractivity contribution in [2.45, 2.75) is 70.2 Å². The van der Waals surface area contributed by atoms with E-state index < -0.39 is 0 Å². The fourth-order valence-corrected chi connectivity index (χ4v) is 5.41. The van der Waals surface area contributed by atoms with Crippen LogP contribution < -0.4 is 5.32 Å². The Bertz CT molecular complexity index is 452. The lowest BCUT2D eigenvalue weighted by Gasteiger charge is -2.27. The molecular formula is C19H34IN3O2. The molecule has 6 heteroatoms. The normalized spacial score (nSPS) is 36.2. The largest absolute Gasteiger partial charge is 0.391 e. The van der Waals surface area contributed by atoms with Crippen LogP contribution in [0, 0.1) is 17.8 Å². The first-order valence-corrected chi connectivity index (χ1v) is 10.1. The molecule has 5 nitrogen and oxygen atoms in total. The quantitative estimate of drug-likeness (QED) is 0.383. The van der Waals surface area contributed by atoms with Crippen molar-refractivity contribution in [2.24, 2.45) is 22.7 Å². The lowest BCUT2D eigenvalue weighted by Crippen LogP contribution is -2.42. The second-order valence-electron chi connectivity index (χ2n) is 8.18. The van der Waals surface area contributed by atoms with Crippen LogP contribution in [0.25, 0.3) is 0 Å². The Morgan fingerprint density at radius 3 is 2.36 bits per heavy atom. The van der Waals surface area contributed by atoms with Gasteiger partial charge in [0.15, 0.2) is 5.96 Å². The minimum atomic E-state index is -0.277. The number of likely N-dealkylation sites (tertiary alicyclic amines) is 1. The minimum absolute atomic E-state index is 0. The van der Waals surface area contributed by atoms with Gasteiger partial charge in [-0.1, -0.05) is 19.3 Å². The number of rotatable bonds is 4. The molecule has 1 aliphatic carbocycles. The number of halogens is 1. The molecule has 4 fully saturated rings. The van der Waals surface area contributed by atoms with Crippen molar-refractivity contribution >= 4 is 29.9 Å². The molecule has 5 unspecified atom stereocenters. The molecular weight excluding hydrogens is 429 g/mol. The first kappa shape index (κ1) is 19.7. The minimum Gasteiger partial charge on any atom is -0.391 e. The van der Waals surface area contributed by atoms with E-state index in [0.717, 1.165) is 25.6 Å². The summed E-state index contributed by atoms with van der Waals surface area (Å²) in [6.07, 6.45) is 9.39. The van der Waals surface area contributed by atoms with Crippen molar-refractivity contribution in [3.05, 3.63) is 0 Å². The second kappa shape index (κ2) is 8.74. The van der Waals surface area contributed by atoms with Crippen LogP contribution in [0.4, 0.5) is 0 Å². The number of hydrogen-bond acceptors (Lipinski definition) is 3. The van der Waals surface area contributed by atoms with Gasteiger partial charge in [-0.3, -0.25) is 4.99 Å². The van der Waals surface area contributed by atoms with Gasteiger partial charge in [-0.05, 0) is 38.5 Å². The van der Waals surface area contributed by atoms with Crippen molar-refractivity contribution in [1.29, 1.82) is 0 Å². The summed E-state index contributed by atoms with van der Waals surface area (Å²) in [7, 11) is 0. The molecule has 0 aromatic rings. The number of aliphatic hydroxyl groups excluding tert-OH is 1. The Balaban J connectivity index is 0.00000182. The molecule has 0 spiro atoms. The molecule has 144 valence electrons. The Morgan fingerprint density at radius 2 is 1.76 bits per heavy atom. The van der Waals surface area contributed by atoms with Crippen molar-refractivity contribution in [3.63, 3.8) is 0 Å². The Morgan fingerprint density at radius 1 is 1.12 bits per heavy atom. The third kappa shape index (κ3) is 4.10. The van der Waals surface area contributed by atoms with Gasteiger partial charge in [0.05, 0.1) is 24.9 Å². The summed E-state index contributed by atoms with van der Waals surface area (Å²) in [5, 5.41) is 14.0. The lowest BCUT2D eigenvalue weighted by atomic mass is 9.82. The molecule has 3 heterocycles. The van der Waals surface area contributed by atoms with E-state index in [1.165, 1.54) is 44.9 Å². The van der Waals surface area contributed by atoms with Crippen LogP contribution >= 0.6 is 24.0 Å². The number of nitrogens with one attached hydrogen (secondary N) is 1. The molecule has 1 saturated carbocycles. The van der Waals surface area contributed by atoms with Crippen LogP contribution in [-0.4, -0.2) is 60.5 Å². The number of aliphatic hydroxyl groups is 1. The average Bonchev–Trinajstić information content (AvgIpc) is 3.31. The molecule has 0 amide bonds. The van der Waals surface area contributed by atoms with Crippen LogP contribution in [0.2, 0.25) is 0 Å². The van der Waals surface area contributed by atoms with Crippen molar-refractivity contribution in [3.8, 4) is 0 Å². The van der Waals surface area contributed by atoms with Gasteiger partial charge in [0.25, 0.3) is 0 Å². The predicted molar refractivity (Wildman–Crippen MR) is 110 cm³/mol. The van der Waals surface area contributed by atoms with Gasteiger partial charge < -0.3 is 20.1 Å². The molecule has 4 rings (SSSR count). The molecule has 5 atom stereocenters. The molecule has 0 aromatic heterocycles. The highest BCUT2D eigenvalue weighted by Gasteiger charge is 2.53. The van der Waals surface area contributed by atoms with Crippen LogP contribution in [0.5, 0.6) is 0 Å². The van der Waals surface area contributed by atoms with Crippen LogP contribution in [-0.2, 0) is 4.74 Å². The van der Waals surface area contributed by atoms with Gasteiger partial charge in [0.2, 0.25) is 0 Å². The summed E-state index contributed by atoms with van der Waals surface area (Å²) < 4.78 is 6.08. The topological polar surface area (TPSA) is 57.1 Å². The summed E-state index contributed by atoms with van der Waals surface area (Å²) in [4.78, 5) is 7.23. The third-order valence-electron chi connectivity index (χ3n) is 6.71. The predicted octanol–water partition coefficient (Wildman–Crippen LogP) is 2.62. The lowest BCUT2D eigenvalue weighted by molar-refractivity contribution is 0.0763. The van der Waals surface area contributed by atoms with Gasteiger partial charge in [0.1, 0.15) is 0 Å². The van der Waals surface area contributed by atoms with Gasteiger partial charge in [-0.15, -0.1) is 24.0 Å². The van der Waals surface area contributed by atoms with Gasteiger partial charge >= 0.3 is 0 Å². The zero-order valence-corrected chi connectivity index (χ0v) is 17.7. The highest BCUT2D eigenvalue weighted by atomic mass is 127. The molecule has 4 aliphatic rings. The Labute approximate surface area is 169 Å². The van der Waals surface area contributed by atoms with E-state index in [1.807, 2.05) is 0 Å². The maximum absolute atomic E-state index is 10.5. The van der Waals surface area contributed by atoms with E-state index in [2.05, 4.69) is 17.1 Å². The monoisotopic (exact) mass is 463 g/mol. The fraction of sp³-hybridized carbons (Fsp3) is 0.947. The molecule has 0 aromatic carbocycles. The Kier molecular flexibility index (Phi) is 6.88. The van der Waals surface area contributed by atoms with Crippen LogP contribution in [0.15, 0.2) is 4.99 Å². The highest BCUT2D eigenvalue weighted by Crippen LogP contribution is 2.47. The second-order valence-corrected chi connectivity index (χ2v) is 8.18. The number of hydrogen-bond donors (Lipinski definition) is 2. The van der Waals surface area contributed by atoms with E-state index in [-0.39, 0.29) is 30.1 Å². The van der Waals surface area contributed by atoms with Crippen molar-refractivity contribution < 1.29 is 9.84 Å². The van der Waals surface area contributed by atoms with Gasteiger partial charge in [-0.2, -0.15) is 0 Å². The molecule has 0 radical (unpaired) electrons. The van der Waals surface area contributed by atoms with Gasteiger partial charge in [0, 0.05) is 31.5 Å². The van der Waals surface area contributed by atoms with Crippen LogP contribution in [0.1, 0.15) is 51.9 Å². The first-order valence-electron chi connectivity index (χ1n) is 10.1. The maximum Gasteiger partial charge on any atom is 0.194 e. The zero-order valence-electron chi connectivity index (χ0n) is 15.4. The van der Waals surface area contributed by atoms with E-state index >= 15 is 0 Å². The average molecular weight is 463 g/mol. The molecule has 3 aliphatic heterocycles. The SMILES string of the molecule is CCNC(=NCC(O)C1CCCCC1)N1CC2C3CCC(O3)C2C1.I. The van der Waals surface area contributed by atoms with E-state index in [9.17, 15) is 5.11 Å². The number of guanidine groups is 1. The molecule has 3 saturated heterocycles. The van der Waals surface area contributed by atoms with Gasteiger partial charge in [-0.25, -0.2) is 0 Å². The third-order valence-corrected chi connectivity index (χ3v) is 6.71. The van der Waals surface area contributed by atoms with E-state index in [0.29, 0.717) is 36.5 Å². The first-order chi connectivity index (χ1) is 11.8. The zero-order chi connectivity index (χ0) is 16.5. The van der Waals surface area contributed by atoms with Crippen molar-refractivity contribution in [1.82, 2.24) is 10.2 Å². The van der Waals surface area contributed by atoms with E-state index in [1.54, 1.807) is 0 Å². The number of ether oxygens (including phenoxy) is 1. The number of nitrogens with zero attached hydrogens (tertiary/aromatic N) is 2. The standard InChI is InChI=1S/C19H33N3O2.HI/c1-2-20-19(21-10-16(23)13-6-4-3-5-7-13)22-11-14-15(12-22)18-9-8-17(14)24-18;/h13-18,23H,2-12H2,1H3,(H,20,21);1H.